The molecule has 0 bridgehead atoms. The van der Waals surface area contributed by atoms with Crippen LogP contribution in [0.5, 0.6) is 0 Å². The van der Waals surface area contributed by atoms with E-state index in [1.807, 2.05) is 0 Å². The molecule has 2 aliphatic heterocycles. The first-order chi connectivity index (χ1) is 14.8. The first-order valence-corrected chi connectivity index (χ1v) is 12.4. The van der Waals surface area contributed by atoms with E-state index in [-0.39, 0.29) is 0 Å². The highest BCUT2D eigenvalue weighted by molar-refractivity contribution is 5.90. The largest absolute Gasteiger partial charge is 0.356 e. The maximum Gasteiger partial charge on any atom is 0.225 e. The summed E-state index contributed by atoms with van der Waals surface area (Å²) in [6.45, 7) is 5.85. The molecule has 1 atom stereocenters. The highest BCUT2D eigenvalue weighted by Gasteiger charge is 2.26. The highest BCUT2D eigenvalue weighted by atomic mass is 15.3. The fourth-order valence-electron chi connectivity index (χ4n) is 5.68. The predicted molar refractivity (Wildman–Crippen MR) is 125 cm³/mol. The van der Waals surface area contributed by atoms with E-state index in [4.69, 9.17) is 9.97 Å². The Morgan fingerprint density at radius 1 is 0.833 bits per heavy atom. The molecule has 1 aliphatic carbocycles. The summed E-state index contributed by atoms with van der Waals surface area (Å²) in [5.41, 5.74) is 1.06. The van der Waals surface area contributed by atoms with Crippen LogP contribution >= 0.6 is 0 Å². The molecule has 1 aromatic heterocycles. The summed E-state index contributed by atoms with van der Waals surface area (Å²) in [7, 11) is 0. The van der Waals surface area contributed by atoms with Gasteiger partial charge in [-0.25, -0.2) is 4.98 Å². The van der Waals surface area contributed by atoms with Gasteiger partial charge in [0.1, 0.15) is 5.82 Å². The van der Waals surface area contributed by atoms with Crippen molar-refractivity contribution in [3.8, 4) is 0 Å². The zero-order valence-electron chi connectivity index (χ0n) is 18.4. The first-order valence-electron chi connectivity index (χ1n) is 12.4. The lowest BCUT2D eigenvalue weighted by Crippen LogP contribution is -2.31. The third kappa shape index (κ3) is 4.72. The van der Waals surface area contributed by atoms with Gasteiger partial charge in [-0.3, -0.25) is 0 Å². The summed E-state index contributed by atoms with van der Waals surface area (Å²) in [6, 6.07) is 8.98. The van der Waals surface area contributed by atoms with Crippen molar-refractivity contribution in [2.45, 2.75) is 70.3 Å². The Labute approximate surface area is 181 Å². The van der Waals surface area contributed by atoms with Crippen LogP contribution in [0, 0.1) is 5.92 Å². The van der Waals surface area contributed by atoms with E-state index in [1.165, 1.54) is 82.7 Å². The summed E-state index contributed by atoms with van der Waals surface area (Å²) in [4.78, 5) is 15.1. The summed E-state index contributed by atoms with van der Waals surface area (Å²) in [5.74, 6) is 2.86. The van der Waals surface area contributed by atoms with Gasteiger partial charge in [0.05, 0.1) is 5.52 Å². The minimum Gasteiger partial charge on any atom is -0.356 e. The standard InChI is InChI=1S/C25H37N5/c1-2-9-16-30(15-8-1)24-22-12-6-7-13-23(22)27-25(28-24)26-21-14-17-29(19-21)18-20-10-4-3-5-11-20/h6-7,12-13,20-21H,1-5,8-11,14-19H2,(H,26,27,28)/t21-/m0/s1. The van der Waals surface area contributed by atoms with Crippen LogP contribution < -0.4 is 10.2 Å². The molecule has 162 valence electrons. The number of aromatic nitrogens is 2. The fraction of sp³-hybridized carbons (Fsp3) is 0.680. The number of fused-ring (bicyclic) bond motifs is 1. The van der Waals surface area contributed by atoms with Gasteiger partial charge in [0, 0.05) is 44.2 Å². The number of nitrogens with zero attached hydrogens (tertiary/aromatic N) is 4. The van der Waals surface area contributed by atoms with E-state index in [0.29, 0.717) is 6.04 Å². The lowest BCUT2D eigenvalue weighted by molar-refractivity contribution is 0.233. The smallest absolute Gasteiger partial charge is 0.225 e. The van der Waals surface area contributed by atoms with Gasteiger partial charge in [0.25, 0.3) is 0 Å². The minimum atomic E-state index is 0.465. The van der Waals surface area contributed by atoms with E-state index >= 15 is 0 Å². The number of rotatable bonds is 5. The molecule has 3 aliphatic rings. The number of nitrogens with one attached hydrogen (secondary N) is 1. The van der Waals surface area contributed by atoms with Gasteiger partial charge in [-0.2, -0.15) is 4.98 Å². The van der Waals surface area contributed by atoms with Crippen molar-refractivity contribution >= 4 is 22.7 Å². The van der Waals surface area contributed by atoms with Gasteiger partial charge in [0.15, 0.2) is 0 Å². The lowest BCUT2D eigenvalue weighted by atomic mass is 9.89. The third-order valence-electron chi connectivity index (χ3n) is 7.34. The molecule has 5 heteroatoms. The van der Waals surface area contributed by atoms with E-state index in [2.05, 4.69) is 39.4 Å². The molecule has 5 nitrogen and oxygen atoms in total. The molecule has 2 aromatic rings. The number of benzene rings is 1. The fourth-order valence-corrected chi connectivity index (χ4v) is 5.68. The molecule has 1 saturated carbocycles. The second kappa shape index (κ2) is 9.51. The Morgan fingerprint density at radius 3 is 2.43 bits per heavy atom. The number of hydrogen-bond donors (Lipinski definition) is 1. The number of hydrogen-bond acceptors (Lipinski definition) is 5. The Hall–Kier alpha value is -1.88. The molecule has 1 N–H and O–H groups in total. The van der Waals surface area contributed by atoms with Crippen LogP contribution in [0.25, 0.3) is 10.9 Å². The normalized spacial score (nSPS) is 24.3. The molecular weight excluding hydrogens is 370 g/mol. The van der Waals surface area contributed by atoms with Crippen LogP contribution in [-0.2, 0) is 0 Å². The van der Waals surface area contributed by atoms with Crippen molar-refractivity contribution in [2.24, 2.45) is 5.92 Å². The Bertz CT molecular complexity index is 823. The number of likely N-dealkylation sites (tertiary alicyclic amines) is 1. The molecule has 5 rings (SSSR count). The van der Waals surface area contributed by atoms with Crippen LogP contribution in [0.2, 0.25) is 0 Å². The van der Waals surface area contributed by atoms with Crippen LogP contribution in [0.3, 0.4) is 0 Å². The molecule has 1 aromatic carbocycles. The van der Waals surface area contributed by atoms with Crippen LogP contribution in [-0.4, -0.2) is 53.6 Å². The third-order valence-corrected chi connectivity index (χ3v) is 7.34. The van der Waals surface area contributed by atoms with Gasteiger partial charge < -0.3 is 15.1 Å². The Morgan fingerprint density at radius 2 is 1.60 bits per heavy atom. The van der Waals surface area contributed by atoms with Crippen molar-refractivity contribution < 1.29 is 0 Å². The summed E-state index contributed by atoms with van der Waals surface area (Å²) >= 11 is 0. The second-order valence-corrected chi connectivity index (χ2v) is 9.68. The van der Waals surface area contributed by atoms with Crippen LogP contribution in [0.1, 0.15) is 64.2 Å². The van der Waals surface area contributed by atoms with Gasteiger partial charge in [-0.05, 0) is 50.2 Å². The number of anilines is 2. The van der Waals surface area contributed by atoms with E-state index < -0.39 is 0 Å². The predicted octanol–water partition coefficient (Wildman–Crippen LogP) is 5.08. The maximum atomic E-state index is 5.06. The van der Waals surface area contributed by atoms with E-state index in [0.717, 1.165) is 42.8 Å². The van der Waals surface area contributed by atoms with Crippen LogP contribution in [0.4, 0.5) is 11.8 Å². The van der Waals surface area contributed by atoms with Gasteiger partial charge >= 0.3 is 0 Å². The van der Waals surface area contributed by atoms with Crippen molar-refractivity contribution in [2.75, 3.05) is 42.9 Å². The minimum absolute atomic E-state index is 0.465. The molecule has 30 heavy (non-hydrogen) atoms. The molecule has 0 radical (unpaired) electrons. The molecule has 3 fully saturated rings. The Kier molecular flexibility index (Phi) is 6.35. The van der Waals surface area contributed by atoms with Crippen molar-refractivity contribution in [3.63, 3.8) is 0 Å². The van der Waals surface area contributed by atoms with E-state index in [1.54, 1.807) is 0 Å². The maximum absolute atomic E-state index is 5.06. The summed E-state index contributed by atoms with van der Waals surface area (Å²) < 4.78 is 0. The highest BCUT2D eigenvalue weighted by Crippen LogP contribution is 2.29. The number of para-hydroxylation sites is 1. The van der Waals surface area contributed by atoms with Gasteiger partial charge in [-0.15, -0.1) is 0 Å². The average molecular weight is 408 g/mol. The molecule has 2 saturated heterocycles. The average Bonchev–Trinajstić information content (AvgIpc) is 3.04. The van der Waals surface area contributed by atoms with Gasteiger partial charge in [0.2, 0.25) is 5.95 Å². The van der Waals surface area contributed by atoms with Crippen molar-refractivity contribution in [3.05, 3.63) is 24.3 Å². The zero-order chi connectivity index (χ0) is 20.2. The molecule has 0 spiro atoms. The molecule has 3 heterocycles. The lowest BCUT2D eigenvalue weighted by Gasteiger charge is -2.27. The zero-order valence-corrected chi connectivity index (χ0v) is 18.4. The molecule has 0 unspecified atom stereocenters. The van der Waals surface area contributed by atoms with Gasteiger partial charge in [-0.1, -0.05) is 44.2 Å². The van der Waals surface area contributed by atoms with Crippen molar-refractivity contribution in [1.82, 2.24) is 14.9 Å². The monoisotopic (exact) mass is 407 g/mol. The Balaban J connectivity index is 1.29. The summed E-state index contributed by atoms with van der Waals surface area (Å²) in [5, 5.41) is 4.89. The first kappa shape index (κ1) is 20.0. The topological polar surface area (TPSA) is 44.3 Å². The SMILES string of the molecule is c1ccc2c(N3CCCCCC3)nc(N[C@H]3CCN(CC4CCCCC4)C3)nc2c1. The van der Waals surface area contributed by atoms with Crippen molar-refractivity contribution in [1.29, 1.82) is 0 Å². The summed E-state index contributed by atoms with van der Waals surface area (Å²) in [6.07, 6.45) is 13.6. The van der Waals surface area contributed by atoms with Crippen LogP contribution in [0.15, 0.2) is 24.3 Å². The van der Waals surface area contributed by atoms with E-state index in [9.17, 15) is 0 Å². The quantitative estimate of drug-likeness (QED) is 0.749. The second-order valence-electron chi connectivity index (χ2n) is 9.68. The molecular formula is C25H37N5. The molecule has 0 amide bonds.